The first-order valence-electron chi connectivity index (χ1n) is 13.4. The van der Waals surface area contributed by atoms with Crippen LogP contribution in [0.15, 0.2) is 47.6 Å². The van der Waals surface area contributed by atoms with E-state index in [2.05, 4.69) is 37.6 Å². The molecular formula is C29H31BrN4O3. The molecule has 1 spiro atoms. The van der Waals surface area contributed by atoms with Crippen LogP contribution in [0.5, 0.6) is 0 Å². The molecule has 0 radical (unpaired) electrons. The first kappa shape index (κ1) is 24.5. The number of carbonyl (C=O) groups is 2. The van der Waals surface area contributed by atoms with E-state index in [1.807, 2.05) is 24.3 Å². The molecule has 6 rings (SSSR count). The summed E-state index contributed by atoms with van der Waals surface area (Å²) in [6.45, 7) is 2.10. The number of ketones is 1. The second kappa shape index (κ2) is 9.78. The molecular weight excluding hydrogens is 532 g/mol. The first-order chi connectivity index (χ1) is 18.0. The SMILES string of the molecule is CCOC(=O)[C@H](Cc1ccc(-n2c(C3CC3)nc3cccnc32)cc1)N=C1C(Br)C(=O)C12CCCCC2. The molecule has 2 atom stereocenters. The van der Waals surface area contributed by atoms with Gasteiger partial charge in [0.25, 0.3) is 0 Å². The Bertz CT molecular complexity index is 1370. The molecule has 3 aliphatic carbocycles. The number of hydrogen-bond donors (Lipinski definition) is 0. The molecule has 7 nitrogen and oxygen atoms in total. The van der Waals surface area contributed by atoms with E-state index in [4.69, 9.17) is 14.7 Å². The van der Waals surface area contributed by atoms with Gasteiger partial charge in [0, 0.05) is 29.9 Å². The number of aromatic nitrogens is 3. The quantitative estimate of drug-likeness (QED) is 0.280. The summed E-state index contributed by atoms with van der Waals surface area (Å²) in [4.78, 5) is 39.8. The maximum Gasteiger partial charge on any atom is 0.331 e. The zero-order chi connectivity index (χ0) is 25.6. The van der Waals surface area contributed by atoms with Crippen molar-refractivity contribution in [1.29, 1.82) is 0 Å². The fourth-order valence-electron chi connectivity index (χ4n) is 5.90. The Labute approximate surface area is 224 Å². The summed E-state index contributed by atoms with van der Waals surface area (Å²) in [6.07, 6.45) is 9.38. The highest BCUT2D eigenvalue weighted by Gasteiger charge is 2.58. The van der Waals surface area contributed by atoms with Gasteiger partial charge in [-0.3, -0.25) is 14.4 Å². The number of esters is 1. The molecule has 0 amide bonds. The summed E-state index contributed by atoms with van der Waals surface area (Å²) in [5.74, 6) is 1.41. The Morgan fingerprint density at radius 1 is 1.19 bits per heavy atom. The Morgan fingerprint density at radius 3 is 2.65 bits per heavy atom. The molecule has 1 unspecified atom stereocenters. The number of alkyl halides is 1. The molecule has 192 valence electrons. The fraction of sp³-hybridized carbons (Fsp3) is 0.483. The van der Waals surface area contributed by atoms with Crippen LogP contribution in [-0.2, 0) is 20.7 Å². The van der Waals surface area contributed by atoms with Crippen molar-refractivity contribution in [1.82, 2.24) is 14.5 Å². The summed E-state index contributed by atoms with van der Waals surface area (Å²) in [5.41, 5.74) is 4.11. The average Bonchev–Trinajstić information content (AvgIpc) is 3.71. The van der Waals surface area contributed by atoms with Crippen molar-refractivity contribution >= 4 is 44.6 Å². The van der Waals surface area contributed by atoms with Gasteiger partial charge in [-0.25, -0.2) is 14.8 Å². The number of carbonyl (C=O) groups excluding carboxylic acids is 2. The van der Waals surface area contributed by atoms with Crippen LogP contribution in [0.2, 0.25) is 0 Å². The lowest BCUT2D eigenvalue weighted by Gasteiger charge is -2.47. The van der Waals surface area contributed by atoms with Gasteiger partial charge >= 0.3 is 5.97 Å². The van der Waals surface area contributed by atoms with Gasteiger partial charge in [0.15, 0.2) is 17.5 Å². The van der Waals surface area contributed by atoms with E-state index >= 15 is 0 Å². The van der Waals surface area contributed by atoms with Gasteiger partial charge in [-0.1, -0.05) is 47.3 Å². The van der Waals surface area contributed by atoms with Gasteiger partial charge in [0.05, 0.1) is 12.0 Å². The highest BCUT2D eigenvalue weighted by atomic mass is 79.9. The number of nitrogens with zero attached hydrogens (tertiary/aromatic N) is 4. The Kier molecular flexibility index (Phi) is 6.47. The monoisotopic (exact) mass is 562 g/mol. The van der Waals surface area contributed by atoms with Crippen LogP contribution in [0.3, 0.4) is 0 Å². The number of rotatable bonds is 7. The molecule has 0 saturated heterocycles. The fourth-order valence-corrected chi connectivity index (χ4v) is 6.89. The maximum atomic E-state index is 13.0. The normalized spacial score (nSPS) is 22.8. The molecule has 0 bridgehead atoms. The molecule has 0 aliphatic heterocycles. The zero-order valence-corrected chi connectivity index (χ0v) is 22.6. The number of halogens is 1. The minimum atomic E-state index is -0.675. The van der Waals surface area contributed by atoms with Crippen LogP contribution in [0.25, 0.3) is 16.9 Å². The van der Waals surface area contributed by atoms with Crippen molar-refractivity contribution in [2.75, 3.05) is 6.61 Å². The van der Waals surface area contributed by atoms with Gasteiger partial charge in [-0.2, -0.15) is 0 Å². The van der Waals surface area contributed by atoms with E-state index in [-0.39, 0.29) is 11.8 Å². The lowest BCUT2D eigenvalue weighted by atomic mass is 9.58. The Hall–Kier alpha value is -2.87. The topological polar surface area (TPSA) is 86.4 Å². The largest absolute Gasteiger partial charge is 0.464 e. The van der Waals surface area contributed by atoms with Crippen LogP contribution in [0.1, 0.15) is 69.2 Å². The van der Waals surface area contributed by atoms with Gasteiger partial charge in [-0.05, 0) is 62.4 Å². The second-order valence-corrected chi connectivity index (χ2v) is 11.4. The minimum absolute atomic E-state index is 0.213. The summed E-state index contributed by atoms with van der Waals surface area (Å²) in [6, 6.07) is 11.5. The van der Waals surface area contributed by atoms with Crippen LogP contribution in [-0.4, -0.2) is 49.5 Å². The summed E-state index contributed by atoms with van der Waals surface area (Å²) in [5, 5.41) is 0. The van der Waals surface area contributed by atoms with Crippen molar-refractivity contribution in [3.63, 3.8) is 0 Å². The van der Waals surface area contributed by atoms with E-state index in [9.17, 15) is 9.59 Å². The average molecular weight is 563 g/mol. The summed E-state index contributed by atoms with van der Waals surface area (Å²) < 4.78 is 7.55. The van der Waals surface area contributed by atoms with Gasteiger partial charge in [0.1, 0.15) is 16.2 Å². The molecule has 2 aromatic heterocycles. The third kappa shape index (κ3) is 4.33. The van der Waals surface area contributed by atoms with Crippen molar-refractivity contribution < 1.29 is 14.3 Å². The van der Waals surface area contributed by atoms with Gasteiger partial charge in [0.2, 0.25) is 0 Å². The van der Waals surface area contributed by atoms with E-state index in [0.29, 0.717) is 18.9 Å². The van der Waals surface area contributed by atoms with Gasteiger partial charge in [-0.15, -0.1) is 0 Å². The predicted molar refractivity (Wildman–Crippen MR) is 146 cm³/mol. The number of fused-ring (bicyclic) bond motifs is 1. The molecule has 0 N–H and O–H groups in total. The zero-order valence-electron chi connectivity index (χ0n) is 21.0. The van der Waals surface area contributed by atoms with Crippen LogP contribution < -0.4 is 0 Å². The smallest absolute Gasteiger partial charge is 0.331 e. The molecule has 3 saturated carbocycles. The van der Waals surface area contributed by atoms with Crippen molar-refractivity contribution in [2.45, 2.75) is 75.1 Å². The van der Waals surface area contributed by atoms with Crippen LogP contribution >= 0.6 is 15.9 Å². The Balaban J connectivity index is 1.29. The highest BCUT2D eigenvalue weighted by Crippen LogP contribution is 2.49. The molecule has 3 aliphatic rings. The van der Waals surface area contributed by atoms with Crippen LogP contribution in [0.4, 0.5) is 0 Å². The third-order valence-corrected chi connectivity index (χ3v) is 8.85. The number of imidazole rings is 1. The lowest BCUT2D eigenvalue weighted by Crippen LogP contribution is -2.61. The lowest BCUT2D eigenvalue weighted by molar-refractivity contribution is -0.144. The van der Waals surface area contributed by atoms with Crippen LogP contribution in [0, 0.1) is 5.41 Å². The van der Waals surface area contributed by atoms with E-state index in [1.54, 1.807) is 13.1 Å². The van der Waals surface area contributed by atoms with Crippen molar-refractivity contribution in [2.24, 2.45) is 10.4 Å². The summed E-state index contributed by atoms with van der Waals surface area (Å²) >= 11 is 3.53. The van der Waals surface area contributed by atoms with Crippen molar-refractivity contribution in [3.8, 4) is 5.69 Å². The number of pyridine rings is 1. The first-order valence-corrected chi connectivity index (χ1v) is 14.3. The third-order valence-electron chi connectivity index (χ3n) is 8.00. The molecule has 8 heteroatoms. The minimum Gasteiger partial charge on any atom is -0.464 e. The molecule has 3 aromatic rings. The van der Waals surface area contributed by atoms with Gasteiger partial charge < -0.3 is 4.74 Å². The molecule has 37 heavy (non-hydrogen) atoms. The summed E-state index contributed by atoms with van der Waals surface area (Å²) in [7, 11) is 0. The number of hydrogen-bond acceptors (Lipinski definition) is 6. The Morgan fingerprint density at radius 2 is 1.95 bits per heavy atom. The van der Waals surface area contributed by atoms with E-state index in [0.717, 1.165) is 78.9 Å². The number of Topliss-reactive ketones (excluding diaryl/α,β-unsaturated/α-hetero) is 1. The van der Waals surface area contributed by atoms with Crippen molar-refractivity contribution in [3.05, 3.63) is 54.0 Å². The molecule has 2 heterocycles. The predicted octanol–water partition coefficient (Wildman–Crippen LogP) is 5.51. The molecule has 3 fully saturated rings. The highest BCUT2D eigenvalue weighted by molar-refractivity contribution is 9.10. The number of aliphatic imine (C=N–C) groups is 1. The second-order valence-electron chi connectivity index (χ2n) is 10.4. The van der Waals surface area contributed by atoms with E-state index in [1.165, 1.54) is 0 Å². The van der Waals surface area contributed by atoms with E-state index < -0.39 is 16.3 Å². The number of ether oxygens (including phenoxy) is 1. The standard InChI is InChI=1S/C29H31BrN4O3/c1-2-37-28(36)22(32-24-23(30)25(35)29(24)14-4-3-5-15-29)17-18-8-12-20(13-9-18)34-26(19-10-11-19)33-21-7-6-16-31-27(21)34/h6-9,12-13,16,19,22-23H,2-5,10-11,14-15,17H2,1H3/t22-,23?/m0/s1. The maximum absolute atomic E-state index is 13.0. The molecule has 1 aromatic carbocycles. The number of benzene rings is 1.